The Morgan fingerprint density at radius 3 is 2.41 bits per heavy atom. The predicted octanol–water partition coefficient (Wildman–Crippen LogP) is 3.68. The van der Waals surface area contributed by atoms with Gasteiger partial charge >= 0.3 is 5.97 Å². The molecule has 0 unspecified atom stereocenters. The highest BCUT2D eigenvalue weighted by Gasteiger charge is 2.08. The molecule has 0 aliphatic carbocycles. The van der Waals surface area contributed by atoms with Crippen LogP contribution in [0.4, 0.5) is 0 Å². The van der Waals surface area contributed by atoms with Crippen LogP contribution in [0.2, 0.25) is 0 Å². The number of ether oxygens (including phenoxy) is 1. The van der Waals surface area contributed by atoms with Crippen LogP contribution in [-0.4, -0.2) is 18.8 Å². The summed E-state index contributed by atoms with van der Waals surface area (Å²) in [5.41, 5.74) is 2.28. The Hall–Kier alpha value is -2.88. The molecule has 2 aromatic rings. The van der Waals surface area contributed by atoms with Gasteiger partial charge in [0.05, 0.1) is 7.11 Å². The summed E-state index contributed by atoms with van der Waals surface area (Å²) in [4.78, 5) is 15.8. The van der Waals surface area contributed by atoms with Crippen LogP contribution in [0, 0.1) is 0 Å². The third-order valence-electron chi connectivity index (χ3n) is 2.89. The van der Waals surface area contributed by atoms with E-state index in [1.165, 1.54) is 6.92 Å². The zero-order chi connectivity index (χ0) is 15.8. The highest BCUT2D eigenvalue weighted by atomic mass is 16.7. The Labute approximate surface area is 129 Å². The third kappa shape index (κ3) is 4.31. The first kappa shape index (κ1) is 15.5. The van der Waals surface area contributed by atoms with E-state index >= 15 is 0 Å². The van der Waals surface area contributed by atoms with E-state index in [0.29, 0.717) is 11.5 Å². The maximum absolute atomic E-state index is 11.0. The van der Waals surface area contributed by atoms with Crippen LogP contribution in [0.15, 0.2) is 65.8 Å². The molecule has 0 fully saturated rings. The molecule has 0 bridgehead atoms. The number of para-hydroxylation sites is 1. The molecule has 0 aromatic heterocycles. The second kappa shape index (κ2) is 7.78. The second-order valence-corrected chi connectivity index (χ2v) is 4.50. The van der Waals surface area contributed by atoms with Gasteiger partial charge in [-0.2, -0.15) is 0 Å². The molecule has 22 heavy (non-hydrogen) atoms. The standard InChI is InChI=1S/C18H17NO3/c1-14(20)22-19-17(13-12-15-8-4-3-5-9-15)16-10-6-7-11-18(16)21-2/h3-13H,1-2H3/b13-12+,19-17+. The average molecular weight is 295 g/mol. The van der Waals surface area contributed by atoms with Gasteiger partial charge in [-0.25, -0.2) is 4.79 Å². The molecule has 2 rings (SSSR count). The van der Waals surface area contributed by atoms with Crippen LogP contribution in [0.3, 0.4) is 0 Å². The minimum Gasteiger partial charge on any atom is -0.496 e. The number of methoxy groups -OCH3 is 1. The van der Waals surface area contributed by atoms with Crippen molar-refractivity contribution < 1.29 is 14.4 Å². The highest BCUT2D eigenvalue weighted by Crippen LogP contribution is 2.19. The van der Waals surface area contributed by atoms with Gasteiger partial charge in [0.2, 0.25) is 0 Å². The molecule has 0 aliphatic rings. The SMILES string of the molecule is COc1ccccc1C(/C=C/c1ccccc1)=N/OC(C)=O. The van der Waals surface area contributed by atoms with Crippen LogP contribution in [0.5, 0.6) is 5.75 Å². The van der Waals surface area contributed by atoms with Crippen molar-refractivity contribution in [2.75, 3.05) is 7.11 Å². The van der Waals surface area contributed by atoms with Crippen LogP contribution < -0.4 is 4.74 Å². The minimum atomic E-state index is -0.472. The van der Waals surface area contributed by atoms with Crippen molar-refractivity contribution in [3.8, 4) is 5.75 Å². The minimum absolute atomic E-state index is 0.472. The molecule has 0 amide bonds. The molecule has 2 aromatic carbocycles. The van der Waals surface area contributed by atoms with Crippen molar-refractivity contribution in [3.05, 3.63) is 71.8 Å². The Morgan fingerprint density at radius 2 is 1.73 bits per heavy atom. The highest BCUT2D eigenvalue weighted by molar-refractivity contribution is 6.12. The zero-order valence-electron chi connectivity index (χ0n) is 12.5. The van der Waals surface area contributed by atoms with E-state index in [1.54, 1.807) is 13.2 Å². The lowest BCUT2D eigenvalue weighted by molar-refractivity contribution is -0.140. The Bertz CT molecular complexity index is 690. The summed E-state index contributed by atoms with van der Waals surface area (Å²) in [5.74, 6) is 0.187. The second-order valence-electron chi connectivity index (χ2n) is 4.50. The summed E-state index contributed by atoms with van der Waals surface area (Å²) in [7, 11) is 1.59. The molecule has 4 heteroatoms. The molecule has 0 saturated heterocycles. The number of benzene rings is 2. The average Bonchev–Trinajstić information content (AvgIpc) is 2.55. The van der Waals surface area contributed by atoms with E-state index in [4.69, 9.17) is 9.57 Å². The van der Waals surface area contributed by atoms with E-state index in [2.05, 4.69) is 5.16 Å². The zero-order valence-corrected chi connectivity index (χ0v) is 12.5. The lowest BCUT2D eigenvalue weighted by atomic mass is 10.1. The number of nitrogens with zero attached hydrogens (tertiary/aromatic N) is 1. The smallest absolute Gasteiger partial charge is 0.332 e. The van der Waals surface area contributed by atoms with E-state index < -0.39 is 5.97 Å². The molecule has 0 spiro atoms. The van der Waals surface area contributed by atoms with Gasteiger partial charge in [-0.05, 0) is 23.8 Å². The Morgan fingerprint density at radius 1 is 1.05 bits per heavy atom. The van der Waals surface area contributed by atoms with Crippen LogP contribution in [0.25, 0.3) is 6.08 Å². The molecular formula is C18H17NO3. The van der Waals surface area contributed by atoms with Crippen LogP contribution in [0.1, 0.15) is 18.1 Å². The van der Waals surface area contributed by atoms with E-state index in [0.717, 1.165) is 11.1 Å². The summed E-state index contributed by atoms with van der Waals surface area (Å²) in [6.45, 7) is 1.31. The summed E-state index contributed by atoms with van der Waals surface area (Å²) >= 11 is 0. The van der Waals surface area contributed by atoms with Gasteiger partial charge in [-0.1, -0.05) is 53.7 Å². The molecule has 4 nitrogen and oxygen atoms in total. The van der Waals surface area contributed by atoms with Crippen molar-refractivity contribution >= 4 is 17.8 Å². The third-order valence-corrected chi connectivity index (χ3v) is 2.89. The first-order valence-electron chi connectivity index (χ1n) is 6.83. The number of carbonyl (C=O) groups excluding carboxylic acids is 1. The molecule has 0 saturated carbocycles. The van der Waals surface area contributed by atoms with Crippen molar-refractivity contribution in [3.63, 3.8) is 0 Å². The van der Waals surface area contributed by atoms with Crippen molar-refractivity contribution in [1.29, 1.82) is 0 Å². The summed E-state index contributed by atoms with van der Waals surface area (Å²) in [6, 6.07) is 17.2. The first-order chi connectivity index (χ1) is 10.7. The van der Waals surface area contributed by atoms with Crippen molar-refractivity contribution in [2.24, 2.45) is 5.16 Å². The van der Waals surface area contributed by atoms with E-state index in [9.17, 15) is 4.79 Å². The molecule has 0 N–H and O–H groups in total. The van der Waals surface area contributed by atoms with Gasteiger partial charge in [0, 0.05) is 12.5 Å². The monoisotopic (exact) mass is 295 g/mol. The fourth-order valence-electron chi connectivity index (χ4n) is 1.88. The quantitative estimate of drug-likeness (QED) is 0.480. The number of oxime groups is 1. The lowest BCUT2D eigenvalue weighted by Gasteiger charge is -2.07. The van der Waals surface area contributed by atoms with Gasteiger partial charge in [0.25, 0.3) is 0 Å². The molecule has 0 atom stereocenters. The maximum atomic E-state index is 11.0. The Balaban J connectivity index is 2.37. The van der Waals surface area contributed by atoms with Crippen LogP contribution in [-0.2, 0) is 9.63 Å². The fourth-order valence-corrected chi connectivity index (χ4v) is 1.88. The van der Waals surface area contributed by atoms with Gasteiger partial charge < -0.3 is 9.57 Å². The molecule has 0 heterocycles. The number of hydrogen-bond acceptors (Lipinski definition) is 4. The molecule has 0 aliphatic heterocycles. The van der Waals surface area contributed by atoms with Crippen molar-refractivity contribution in [1.82, 2.24) is 0 Å². The van der Waals surface area contributed by atoms with Gasteiger partial charge in [0.15, 0.2) is 0 Å². The lowest BCUT2D eigenvalue weighted by Crippen LogP contribution is -2.03. The van der Waals surface area contributed by atoms with Gasteiger partial charge in [0.1, 0.15) is 11.5 Å². The normalized spacial score (nSPS) is 11.5. The molecular weight excluding hydrogens is 278 g/mol. The molecule has 0 radical (unpaired) electrons. The topological polar surface area (TPSA) is 47.9 Å². The van der Waals surface area contributed by atoms with Gasteiger partial charge in [-0.3, -0.25) is 0 Å². The number of rotatable bonds is 5. The first-order valence-corrected chi connectivity index (χ1v) is 6.83. The number of carbonyl (C=O) groups is 1. The van der Waals surface area contributed by atoms with E-state index in [-0.39, 0.29) is 0 Å². The summed E-state index contributed by atoms with van der Waals surface area (Å²) < 4.78 is 5.33. The largest absolute Gasteiger partial charge is 0.496 e. The maximum Gasteiger partial charge on any atom is 0.332 e. The molecule has 112 valence electrons. The van der Waals surface area contributed by atoms with Crippen molar-refractivity contribution in [2.45, 2.75) is 6.92 Å². The van der Waals surface area contributed by atoms with Gasteiger partial charge in [-0.15, -0.1) is 0 Å². The summed E-state index contributed by atoms with van der Waals surface area (Å²) in [6.07, 6.45) is 3.69. The Kier molecular flexibility index (Phi) is 5.49. The fraction of sp³-hybridized carbons (Fsp3) is 0.111. The van der Waals surface area contributed by atoms with E-state index in [1.807, 2.05) is 60.7 Å². The predicted molar refractivity (Wildman–Crippen MR) is 86.8 cm³/mol. The number of allylic oxidation sites excluding steroid dienone is 1. The number of hydrogen-bond donors (Lipinski definition) is 0. The summed E-state index contributed by atoms with van der Waals surface area (Å²) in [5, 5.41) is 3.92. The van der Waals surface area contributed by atoms with Crippen LogP contribution >= 0.6 is 0 Å².